The molecule has 8 heteroatoms. The zero-order chi connectivity index (χ0) is 18.1. The molecule has 1 saturated heterocycles. The van der Waals surface area contributed by atoms with Crippen LogP contribution in [0.3, 0.4) is 0 Å². The van der Waals surface area contributed by atoms with Crippen molar-refractivity contribution in [2.45, 2.75) is 33.9 Å². The molecule has 3 rings (SSSR count). The van der Waals surface area contributed by atoms with Crippen molar-refractivity contribution in [3.05, 3.63) is 33.9 Å². The molecular weight excluding hydrogens is 340 g/mol. The minimum atomic E-state index is 0.0967. The van der Waals surface area contributed by atoms with Gasteiger partial charge < -0.3 is 4.90 Å². The van der Waals surface area contributed by atoms with E-state index in [0.717, 1.165) is 49.8 Å². The van der Waals surface area contributed by atoms with Gasteiger partial charge in [0.1, 0.15) is 6.54 Å². The van der Waals surface area contributed by atoms with E-state index in [4.69, 9.17) is 11.6 Å². The maximum absolute atomic E-state index is 12.6. The van der Waals surface area contributed by atoms with Crippen LogP contribution >= 0.6 is 11.6 Å². The number of carbonyl (C=O) groups excluding carboxylic acids is 1. The van der Waals surface area contributed by atoms with Crippen LogP contribution in [0.1, 0.15) is 22.6 Å². The second-order valence-electron chi connectivity index (χ2n) is 6.71. The lowest BCUT2D eigenvalue weighted by atomic mass is 10.2. The number of halogens is 1. The van der Waals surface area contributed by atoms with Gasteiger partial charge in [0.2, 0.25) is 5.91 Å². The van der Waals surface area contributed by atoms with Crippen molar-refractivity contribution in [2.75, 3.05) is 26.2 Å². The minimum absolute atomic E-state index is 0.0967. The van der Waals surface area contributed by atoms with Gasteiger partial charge in [0.25, 0.3) is 0 Å². The Morgan fingerprint density at radius 1 is 1.12 bits per heavy atom. The molecule has 0 N–H and O–H groups in total. The van der Waals surface area contributed by atoms with Crippen LogP contribution in [-0.4, -0.2) is 61.4 Å². The van der Waals surface area contributed by atoms with E-state index in [1.807, 2.05) is 37.4 Å². The molecular formula is C17H25ClN6O. The maximum atomic E-state index is 12.6. The summed E-state index contributed by atoms with van der Waals surface area (Å²) >= 11 is 6.16. The summed E-state index contributed by atoms with van der Waals surface area (Å²) in [5.41, 5.74) is 3.93. The maximum Gasteiger partial charge on any atom is 0.244 e. The predicted molar refractivity (Wildman–Crippen MR) is 96.5 cm³/mol. The number of rotatable bonds is 4. The van der Waals surface area contributed by atoms with Crippen LogP contribution in [0.2, 0.25) is 5.02 Å². The monoisotopic (exact) mass is 364 g/mol. The van der Waals surface area contributed by atoms with Gasteiger partial charge in [0.05, 0.1) is 22.1 Å². The van der Waals surface area contributed by atoms with Crippen LogP contribution in [0.4, 0.5) is 0 Å². The molecule has 0 bridgehead atoms. The van der Waals surface area contributed by atoms with E-state index in [0.29, 0.717) is 5.02 Å². The molecule has 136 valence electrons. The summed E-state index contributed by atoms with van der Waals surface area (Å²) in [6.07, 6.45) is 2.07. The summed E-state index contributed by atoms with van der Waals surface area (Å²) in [5, 5.41) is 9.38. The highest BCUT2D eigenvalue weighted by molar-refractivity contribution is 6.31. The molecule has 0 aliphatic carbocycles. The van der Waals surface area contributed by atoms with Crippen LogP contribution in [0.25, 0.3) is 0 Å². The third-order valence-electron chi connectivity index (χ3n) is 4.81. The van der Waals surface area contributed by atoms with E-state index < -0.39 is 0 Å². The normalized spacial score (nSPS) is 15.8. The smallest absolute Gasteiger partial charge is 0.244 e. The number of piperazine rings is 1. The molecule has 0 aromatic carbocycles. The van der Waals surface area contributed by atoms with Gasteiger partial charge in [-0.1, -0.05) is 11.6 Å². The first kappa shape index (κ1) is 17.9. The molecule has 2 aromatic rings. The largest absolute Gasteiger partial charge is 0.339 e. The summed E-state index contributed by atoms with van der Waals surface area (Å²) < 4.78 is 3.55. The zero-order valence-corrected chi connectivity index (χ0v) is 16.0. The van der Waals surface area contributed by atoms with E-state index in [1.165, 1.54) is 5.56 Å². The molecule has 0 radical (unpaired) electrons. The molecule has 1 aliphatic rings. The van der Waals surface area contributed by atoms with E-state index in [1.54, 1.807) is 4.68 Å². The summed E-state index contributed by atoms with van der Waals surface area (Å²) in [7, 11) is 1.94. The van der Waals surface area contributed by atoms with Crippen molar-refractivity contribution in [1.82, 2.24) is 29.4 Å². The van der Waals surface area contributed by atoms with E-state index in [-0.39, 0.29) is 12.5 Å². The van der Waals surface area contributed by atoms with Gasteiger partial charge >= 0.3 is 0 Å². The fourth-order valence-corrected chi connectivity index (χ4v) is 3.39. The number of hydrogen-bond acceptors (Lipinski definition) is 4. The molecule has 0 atom stereocenters. The van der Waals surface area contributed by atoms with Gasteiger partial charge in [0.15, 0.2) is 0 Å². The summed E-state index contributed by atoms with van der Waals surface area (Å²) in [5.74, 6) is 0.0967. The highest BCUT2D eigenvalue weighted by atomic mass is 35.5. The number of carbonyl (C=O) groups is 1. The van der Waals surface area contributed by atoms with Gasteiger partial charge in [-0.25, -0.2) is 0 Å². The average molecular weight is 365 g/mol. The van der Waals surface area contributed by atoms with Crippen LogP contribution < -0.4 is 0 Å². The topological polar surface area (TPSA) is 59.2 Å². The van der Waals surface area contributed by atoms with E-state index in [9.17, 15) is 4.79 Å². The van der Waals surface area contributed by atoms with Crippen LogP contribution in [0, 0.1) is 20.8 Å². The first-order valence-electron chi connectivity index (χ1n) is 8.54. The molecule has 1 amide bonds. The summed E-state index contributed by atoms with van der Waals surface area (Å²) in [6.45, 7) is 10.1. The number of hydrogen-bond donors (Lipinski definition) is 0. The summed E-state index contributed by atoms with van der Waals surface area (Å²) in [6, 6.07) is 0. The minimum Gasteiger partial charge on any atom is -0.339 e. The number of nitrogens with zero attached hydrogens (tertiary/aromatic N) is 6. The van der Waals surface area contributed by atoms with Gasteiger partial charge in [-0.15, -0.1) is 0 Å². The molecule has 0 spiro atoms. The molecule has 1 aliphatic heterocycles. The fourth-order valence-electron chi connectivity index (χ4n) is 3.26. The van der Waals surface area contributed by atoms with Crippen LogP contribution in [0.5, 0.6) is 0 Å². The Kier molecular flexibility index (Phi) is 5.15. The number of aromatic nitrogens is 4. The van der Waals surface area contributed by atoms with Crippen LogP contribution in [-0.2, 0) is 24.9 Å². The first-order chi connectivity index (χ1) is 11.8. The Hall–Kier alpha value is -1.86. The highest BCUT2D eigenvalue weighted by Gasteiger charge is 2.23. The Bertz CT molecular complexity index is 772. The molecule has 2 aromatic heterocycles. The van der Waals surface area contributed by atoms with Gasteiger partial charge in [-0.2, -0.15) is 10.2 Å². The molecule has 0 saturated carbocycles. The van der Waals surface area contributed by atoms with Gasteiger partial charge in [0, 0.05) is 51.5 Å². The fraction of sp³-hybridized carbons (Fsp3) is 0.588. The molecule has 7 nitrogen and oxygen atoms in total. The molecule has 25 heavy (non-hydrogen) atoms. The van der Waals surface area contributed by atoms with Crippen LogP contribution in [0.15, 0.2) is 6.20 Å². The lowest BCUT2D eigenvalue weighted by Gasteiger charge is -2.34. The second kappa shape index (κ2) is 7.17. The average Bonchev–Trinajstić information content (AvgIpc) is 3.01. The Morgan fingerprint density at radius 3 is 2.32 bits per heavy atom. The SMILES string of the molecule is Cc1nn(C)cc1CN1CCN(C(=O)Cn2nc(C)c(Cl)c2C)CC1. The van der Waals surface area contributed by atoms with E-state index in [2.05, 4.69) is 21.3 Å². The van der Waals surface area contributed by atoms with Crippen molar-refractivity contribution in [2.24, 2.45) is 7.05 Å². The summed E-state index contributed by atoms with van der Waals surface area (Å²) in [4.78, 5) is 16.8. The quantitative estimate of drug-likeness (QED) is 0.825. The number of amides is 1. The lowest BCUT2D eigenvalue weighted by molar-refractivity contribution is -0.133. The Balaban J connectivity index is 1.54. The van der Waals surface area contributed by atoms with Crippen molar-refractivity contribution in [3.8, 4) is 0 Å². The van der Waals surface area contributed by atoms with Crippen molar-refractivity contribution in [3.63, 3.8) is 0 Å². The zero-order valence-electron chi connectivity index (χ0n) is 15.3. The molecule has 0 unspecified atom stereocenters. The Labute approximate surface area is 153 Å². The Morgan fingerprint density at radius 2 is 1.80 bits per heavy atom. The second-order valence-corrected chi connectivity index (χ2v) is 7.09. The highest BCUT2D eigenvalue weighted by Crippen LogP contribution is 2.19. The van der Waals surface area contributed by atoms with E-state index >= 15 is 0 Å². The standard InChI is InChI=1S/C17H25ClN6O/c1-12-15(9-21(4)19-12)10-22-5-7-23(8-6-22)16(25)11-24-14(3)17(18)13(2)20-24/h9H,5-8,10-11H2,1-4H3. The van der Waals surface area contributed by atoms with Gasteiger partial charge in [-0.05, 0) is 20.8 Å². The van der Waals surface area contributed by atoms with Crippen molar-refractivity contribution >= 4 is 17.5 Å². The predicted octanol–water partition coefficient (Wildman–Crippen LogP) is 1.54. The third-order valence-corrected chi connectivity index (χ3v) is 5.36. The number of aryl methyl sites for hydroxylation is 3. The van der Waals surface area contributed by atoms with Crippen molar-refractivity contribution < 1.29 is 4.79 Å². The van der Waals surface area contributed by atoms with Gasteiger partial charge in [-0.3, -0.25) is 19.1 Å². The molecule has 1 fully saturated rings. The molecule has 3 heterocycles. The lowest BCUT2D eigenvalue weighted by Crippen LogP contribution is -2.49. The van der Waals surface area contributed by atoms with Crippen molar-refractivity contribution in [1.29, 1.82) is 0 Å². The first-order valence-corrected chi connectivity index (χ1v) is 8.91. The third kappa shape index (κ3) is 3.88.